The fourth-order valence-electron chi connectivity index (χ4n) is 2.10. The van der Waals surface area contributed by atoms with E-state index in [1.807, 2.05) is 12.1 Å². The van der Waals surface area contributed by atoms with Gasteiger partial charge in [-0.1, -0.05) is 37.6 Å². The molecule has 0 bridgehead atoms. The van der Waals surface area contributed by atoms with E-state index in [9.17, 15) is 9.59 Å². The Morgan fingerprint density at radius 3 is 2.21 bits per heavy atom. The average molecular weight is 347 g/mol. The molecule has 0 heterocycles. The minimum Gasteiger partial charge on any atom is -0.495 e. The summed E-state index contributed by atoms with van der Waals surface area (Å²) >= 11 is 5.90. The molecule has 0 aliphatic carbocycles. The number of methoxy groups -OCH3 is 1. The third kappa shape index (κ3) is 4.49. The zero-order valence-electron chi connectivity index (χ0n) is 13.7. The van der Waals surface area contributed by atoms with Crippen molar-refractivity contribution in [3.05, 3.63) is 53.1 Å². The van der Waals surface area contributed by atoms with Gasteiger partial charge in [-0.05, 0) is 41.8 Å². The molecule has 2 aromatic rings. The molecule has 0 spiro atoms. The molecule has 6 heteroatoms. The van der Waals surface area contributed by atoms with E-state index in [2.05, 4.69) is 24.5 Å². The number of halogens is 1. The van der Waals surface area contributed by atoms with E-state index in [0.29, 0.717) is 28.1 Å². The predicted octanol–water partition coefficient (Wildman–Crippen LogP) is 4.05. The van der Waals surface area contributed by atoms with E-state index in [4.69, 9.17) is 16.3 Å². The van der Waals surface area contributed by atoms with Gasteiger partial charge < -0.3 is 15.4 Å². The van der Waals surface area contributed by atoms with Crippen LogP contribution < -0.4 is 15.4 Å². The lowest BCUT2D eigenvalue weighted by Crippen LogP contribution is -2.29. The molecule has 126 valence electrons. The number of ether oxygens (including phenoxy) is 1. The van der Waals surface area contributed by atoms with Gasteiger partial charge in [-0.25, -0.2) is 0 Å². The summed E-state index contributed by atoms with van der Waals surface area (Å²) < 4.78 is 5.13. The Labute approximate surface area is 146 Å². The monoisotopic (exact) mass is 346 g/mol. The quantitative estimate of drug-likeness (QED) is 0.821. The van der Waals surface area contributed by atoms with Crippen molar-refractivity contribution in [2.24, 2.45) is 0 Å². The maximum atomic E-state index is 12.0. The smallest absolute Gasteiger partial charge is 0.314 e. The van der Waals surface area contributed by atoms with Crippen LogP contribution >= 0.6 is 11.6 Å². The number of benzene rings is 2. The Hall–Kier alpha value is -2.53. The average Bonchev–Trinajstić information content (AvgIpc) is 2.55. The van der Waals surface area contributed by atoms with Crippen LogP contribution in [-0.2, 0) is 9.59 Å². The molecule has 0 aliphatic rings. The molecule has 0 saturated carbocycles. The van der Waals surface area contributed by atoms with Crippen molar-refractivity contribution >= 4 is 34.8 Å². The van der Waals surface area contributed by atoms with Crippen LogP contribution in [0.2, 0.25) is 5.02 Å². The number of hydrogen-bond donors (Lipinski definition) is 2. The number of rotatable bonds is 4. The first kappa shape index (κ1) is 17.8. The lowest BCUT2D eigenvalue weighted by Gasteiger charge is -2.11. The first-order chi connectivity index (χ1) is 11.4. The Bertz CT molecular complexity index is 742. The van der Waals surface area contributed by atoms with Gasteiger partial charge in [-0.3, -0.25) is 9.59 Å². The highest BCUT2D eigenvalue weighted by Gasteiger charge is 2.16. The predicted molar refractivity (Wildman–Crippen MR) is 95.8 cm³/mol. The highest BCUT2D eigenvalue weighted by Crippen LogP contribution is 2.27. The van der Waals surface area contributed by atoms with Crippen molar-refractivity contribution in [2.45, 2.75) is 19.8 Å². The van der Waals surface area contributed by atoms with Gasteiger partial charge in [-0.2, -0.15) is 0 Å². The molecule has 2 N–H and O–H groups in total. The first-order valence-electron chi connectivity index (χ1n) is 7.46. The molecule has 2 amide bonds. The zero-order chi connectivity index (χ0) is 17.7. The van der Waals surface area contributed by atoms with Gasteiger partial charge in [0.1, 0.15) is 5.75 Å². The lowest BCUT2D eigenvalue weighted by molar-refractivity contribution is -0.133. The number of hydrogen-bond acceptors (Lipinski definition) is 3. The number of anilines is 2. The summed E-state index contributed by atoms with van der Waals surface area (Å²) in [5, 5.41) is 5.47. The van der Waals surface area contributed by atoms with Crippen LogP contribution in [0.4, 0.5) is 11.4 Å². The highest BCUT2D eigenvalue weighted by atomic mass is 35.5. The topological polar surface area (TPSA) is 67.4 Å². The number of carbonyl (C=O) groups excluding carboxylic acids is 2. The summed E-state index contributed by atoms with van der Waals surface area (Å²) in [5.41, 5.74) is 2.04. The minimum atomic E-state index is -0.802. The van der Waals surface area contributed by atoms with Gasteiger partial charge in [0.15, 0.2) is 0 Å². The fourth-order valence-corrected chi connectivity index (χ4v) is 2.27. The lowest BCUT2D eigenvalue weighted by atomic mass is 10.0. The molecular weight excluding hydrogens is 328 g/mol. The van der Waals surface area contributed by atoms with Crippen LogP contribution in [0.15, 0.2) is 42.5 Å². The van der Waals surface area contributed by atoms with Crippen LogP contribution in [-0.4, -0.2) is 18.9 Å². The first-order valence-corrected chi connectivity index (χ1v) is 7.84. The Morgan fingerprint density at radius 2 is 1.62 bits per heavy atom. The van der Waals surface area contributed by atoms with Crippen molar-refractivity contribution in [3.63, 3.8) is 0 Å². The van der Waals surface area contributed by atoms with Crippen molar-refractivity contribution in [2.75, 3.05) is 17.7 Å². The summed E-state index contributed by atoms with van der Waals surface area (Å²) in [6.07, 6.45) is 0. The SMILES string of the molecule is COc1ccc(Cl)cc1NC(=O)C(=O)Nc1ccc(C(C)C)cc1. The van der Waals surface area contributed by atoms with Gasteiger partial charge in [0.25, 0.3) is 0 Å². The van der Waals surface area contributed by atoms with Crippen LogP contribution in [0.1, 0.15) is 25.3 Å². The molecule has 0 aliphatic heterocycles. The summed E-state index contributed by atoms with van der Waals surface area (Å²) in [5.74, 6) is -0.756. The van der Waals surface area contributed by atoms with Gasteiger partial charge in [0.2, 0.25) is 0 Å². The summed E-state index contributed by atoms with van der Waals surface area (Å²) in [4.78, 5) is 24.1. The van der Waals surface area contributed by atoms with E-state index in [0.717, 1.165) is 5.56 Å². The van der Waals surface area contributed by atoms with Crippen LogP contribution in [0.3, 0.4) is 0 Å². The Balaban J connectivity index is 2.05. The second kappa shape index (κ2) is 7.84. The van der Waals surface area contributed by atoms with E-state index < -0.39 is 11.8 Å². The van der Waals surface area contributed by atoms with Gasteiger partial charge >= 0.3 is 11.8 Å². The summed E-state index contributed by atoms with van der Waals surface area (Å²) in [6.45, 7) is 4.17. The second-order valence-electron chi connectivity index (χ2n) is 5.53. The van der Waals surface area contributed by atoms with Crippen LogP contribution in [0, 0.1) is 0 Å². The van der Waals surface area contributed by atoms with Gasteiger partial charge in [0.05, 0.1) is 12.8 Å². The molecule has 0 aromatic heterocycles. The molecule has 0 unspecified atom stereocenters. The molecular formula is C18H19ClN2O3. The molecule has 2 rings (SSSR count). The van der Waals surface area contributed by atoms with E-state index >= 15 is 0 Å². The van der Waals surface area contributed by atoms with Crippen LogP contribution in [0.5, 0.6) is 5.75 Å². The maximum Gasteiger partial charge on any atom is 0.314 e. The number of amides is 2. The number of nitrogens with one attached hydrogen (secondary N) is 2. The normalized spacial score (nSPS) is 10.4. The fraction of sp³-hybridized carbons (Fsp3) is 0.222. The minimum absolute atomic E-state index is 0.334. The third-order valence-electron chi connectivity index (χ3n) is 3.45. The van der Waals surface area contributed by atoms with Crippen molar-refractivity contribution < 1.29 is 14.3 Å². The van der Waals surface area contributed by atoms with Crippen molar-refractivity contribution in [1.82, 2.24) is 0 Å². The van der Waals surface area contributed by atoms with Gasteiger partial charge in [-0.15, -0.1) is 0 Å². The second-order valence-corrected chi connectivity index (χ2v) is 5.97. The summed E-state index contributed by atoms with van der Waals surface area (Å²) in [6, 6.07) is 12.1. The van der Waals surface area contributed by atoms with Crippen molar-refractivity contribution in [1.29, 1.82) is 0 Å². The molecule has 24 heavy (non-hydrogen) atoms. The molecule has 0 radical (unpaired) electrons. The van der Waals surface area contributed by atoms with Gasteiger partial charge in [0, 0.05) is 10.7 Å². The standard InChI is InChI=1S/C18H19ClN2O3/c1-11(2)12-4-7-14(8-5-12)20-17(22)18(23)21-15-10-13(19)6-9-16(15)24-3/h4-11H,1-3H3,(H,20,22)(H,21,23). The molecule has 5 nitrogen and oxygen atoms in total. The van der Waals surface area contributed by atoms with Crippen molar-refractivity contribution in [3.8, 4) is 5.75 Å². The molecule has 0 saturated heterocycles. The third-order valence-corrected chi connectivity index (χ3v) is 3.69. The van der Waals surface area contributed by atoms with E-state index in [1.54, 1.807) is 24.3 Å². The highest BCUT2D eigenvalue weighted by molar-refractivity contribution is 6.44. The van der Waals surface area contributed by atoms with E-state index in [-0.39, 0.29) is 0 Å². The Kier molecular flexibility index (Phi) is 5.82. The zero-order valence-corrected chi connectivity index (χ0v) is 14.5. The van der Waals surface area contributed by atoms with E-state index in [1.165, 1.54) is 13.2 Å². The number of carbonyl (C=O) groups is 2. The van der Waals surface area contributed by atoms with Crippen LogP contribution in [0.25, 0.3) is 0 Å². The molecule has 0 fully saturated rings. The maximum absolute atomic E-state index is 12.0. The summed E-state index contributed by atoms with van der Waals surface area (Å²) in [7, 11) is 1.47. The largest absolute Gasteiger partial charge is 0.495 e. The molecule has 2 aromatic carbocycles. The molecule has 0 atom stereocenters. The Morgan fingerprint density at radius 1 is 1.00 bits per heavy atom.